The number of aromatic nitrogens is 1. The molecule has 1 aromatic heterocycles. The first-order valence-corrected chi connectivity index (χ1v) is 8.54. The first kappa shape index (κ1) is 16.7. The molecule has 0 spiro atoms. The van der Waals surface area contributed by atoms with E-state index in [0.717, 1.165) is 11.4 Å². The van der Waals surface area contributed by atoms with Gasteiger partial charge in [0.2, 0.25) is 10.0 Å². The third-order valence-corrected chi connectivity index (χ3v) is 4.96. The lowest BCUT2D eigenvalue weighted by atomic mass is 10.2. The van der Waals surface area contributed by atoms with Crippen LogP contribution in [0.3, 0.4) is 0 Å². The zero-order valence-electron chi connectivity index (χ0n) is 12.7. The first-order chi connectivity index (χ1) is 10.3. The smallest absolute Gasteiger partial charge is 0.241 e. The molecular weight excluding hydrogens is 322 g/mol. The Morgan fingerprint density at radius 3 is 2.59 bits per heavy atom. The second-order valence-electron chi connectivity index (χ2n) is 5.15. The van der Waals surface area contributed by atoms with Crippen molar-refractivity contribution in [2.24, 2.45) is 0 Å². The van der Waals surface area contributed by atoms with Crippen LogP contribution in [-0.4, -0.2) is 27.5 Å². The maximum absolute atomic E-state index is 12.4. The fraction of sp³-hybridized carbons (Fsp3) is 0.267. The van der Waals surface area contributed by atoms with Gasteiger partial charge in [-0.1, -0.05) is 11.6 Å². The molecule has 1 aromatic carbocycles. The van der Waals surface area contributed by atoms with Crippen LogP contribution in [0.1, 0.15) is 11.1 Å². The van der Waals surface area contributed by atoms with Gasteiger partial charge < -0.3 is 4.90 Å². The SMILES string of the molecule is Cc1cc(Cl)ccc1S(=O)(=O)NCc1ccnc(N(C)C)c1. The van der Waals surface area contributed by atoms with E-state index < -0.39 is 10.0 Å². The van der Waals surface area contributed by atoms with Crippen LogP contribution in [0, 0.1) is 6.92 Å². The molecular formula is C15H18ClN3O2S. The summed E-state index contributed by atoms with van der Waals surface area (Å²) in [7, 11) is 0.183. The number of anilines is 1. The van der Waals surface area contributed by atoms with Gasteiger partial charge in [-0.15, -0.1) is 0 Å². The second kappa shape index (κ2) is 6.64. The van der Waals surface area contributed by atoms with Gasteiger partial charge in [0.25, 0.3) is 0 Å². The van der Waals surface area contributed by atoms with Gasteiger partial charge in [0.15, 0.2) is 0 Å². The lowest BCUT2D eigenvalue weighted by Gasteiger charge is -2.13. The van der Waals surface area contributed by atoms with Crippen molar-refractivity contribution in [3.05, 3.63) is 52.7 Å². The number of rotatable bonds is 5. The van der Waals surface area contributed by atoms with E-state index in [1.165, 1.54) is 6.07 Å². The molecule has 5 nitrogen and oxygen atoms in total. The first-order valence-electron chi connectivity index (χ1n) is 6.67. The Morgan fingerprint density at radius 1 is 1.23 bits per heavy atom. The monoisotopic (exact) mass is 339 g/mol. The van der Waals surface area contributed by atoms with Crippen LogP contribution in [0.4, 0.5) is 5.82 Å². The van der Waals surface area contributed by atoms with Crippen LogP contribution in [0.2, 0.25) is 5.02 Å². The third kappa shape index (κ3) is 3.97. The van der Waals surface area contributed by atoms with Gasteiger partial charge in [0, 0.05) is 31.9 Å². The van der Waals surface area contributed by atoms with Gasteiger partial charge in [0.1, 0.15) is 5.82 Å². The highest BCUT2D eigenvalue weighted by Gasteiger charge is 2.16. The summed E-state index contributed by atoms with van der Waals surface area (Å²) in [6.07, 6.45) is 1.66. The number of nitrogens with zero attached hydrogens (tertiary/aromatic N) is 2. The van der Waals surface area contributed by atoms with Crippen LogP contribution < -0.4 is 9.62 Å². The number of hydrogen-bond donors (Lipinski definition) is 1. The molecule has 0 radical (unpaired) electrons. The van der Waals surface area contributed by atoms with Crippen molar-refractivity contribution in [1.29, 1.82) is 0 Å². The molecule has 1 N–H and O–H groups in total. The molecule has 1 heterocycles. The Hall–Kier alpha value is -1.63. The molecule has 0 saturated heterocycles. The number of hydrogen-bond acceptors (Lipinski definition) is 4. The Balaban J connectivity index is 2.18. The summed E-state index contributed by atoms with van der Waals surface area (Å²) in [5.41, 5.74) is 1.46. The molecule has 2 rings (SSSR count). The highest BCUT2D eigenvalue weighted by molar-refractivity contribution is 7.89. The minimum atomic E-state index is -3.58. The molecule has 0 amide bonds. The summed E-state index contributed by atoms with van der Waals surface area (Å²) in [5, 5.41) is 0.515. The van der Waals surface area contributed by atoms with Gasteiger partial charge in [-0.3, -0.25) is 0 Å². The maximum atomic E-state index is 12.4. The number of aryl methyl sites for hydroxylation is 1. The largest absolute Gasteiger partial charge is 0.363 e. The summed E-state index contributed by atoms with van der Waals surface area (Å²) in [6.45, 7) is 1.92. The van der Waals surface area contributed by atoms with Crippen molar-refractivity contribution in [1.82, 2.24) is 9.71 Å². The van der Waals surface area contributed by atoms with Crippen LogP contribution in [0.15, 0.2) is 41.4 Å². The van der Waals surface area contributed by atoms with Crippen molar-refractivity contribution in [2.75, 3.05) is 19.0 Å². The summed E-state index contributed by atoms with van der Waals surface area (Å²) in [6, 6.07) is 8.34. The quantitative estimate of drug-likeness (QED) is 0.909. The molecule has 22 heavy (non-hydrogen) atoms. The van der Waals surface area contributed by atoms with Crippen molar-refractivity contribution in [3.63, 3.8) is 0 Å². The normalized spacial score (nSPS) is 11.5. The molecule has 0 fully saturated rings. The molecule has 0 saturated carbocycles. The average Bonchev–Trinajstić information content (AvgIpc) is 2.45. The maximum Gasteiger partial charge on any atom is 0.241 e. The highest BCUT2D eigenvalue weighted by Crippen LogP contribution is 2.20. The standard InChI is InChI=1S/C15H18ClN3O2S/c1-11-8-13(16)4-5-14(11)22(20,21)18-10-12-6-7-17-15(9-12)19(2)3/h4-9,18H,10H2,1-3H3. The highest BCUT2D eigenvalue weighted by atomic mass is 35.5. The zero-order chi connectivity index (χ0) is 16.3. The summed E-state index contributed by atoms with van der Waals surface area (Å²) < 4.78 is 27.4. The number of sulfonamides is 1. The zero-order valence-corrected chi connectivity index (χ0v) is 14.2. The molecule has 7 heteroatoms. The van der Waals surface area contributed by atoms with E-state index in [4.69, 9.17) is 11.6 Å². The Labute approximate surface area is 136 Å². The van der Waals surface area contributed by atoms with E-state index in [0.29, 0.717) is 10.6 Å². The van der Waals surface area contributed by atoms with Crippen LogP contribution in [0.5, 0.6) is 0 Å². The van der Waals surface area contributed by atoms with E-state index >= 15 is 0 Å². The molecule has 0 aliphatic carbocycles. The molecule has 0 bridgehead atoms. The number of nitrogens with one attached hydrogen (secondary N) is 1. The summed E-state index contributed by atoms with van der Waals surface area (Å²) in [4.78, 5) is 6.30. The van der Waals surface area contributed by atoms with Crippen molar-refractivity contribution >= 4 is 27.4 Å². The molecule has 2 aromatic rings. The Bertz CT molecular complexity index is 776. The second-order valence-corrected chi connectivity index (χ2v) is 7.32. The topological polar surface area (TPSA) is 62.3 Å². The fourth-order valence-electron chi connectivity index (χ4n) is 1.99. The third-order valence-electron chi connectivity index (χ3n) is 3.16. The van der Waals surface area contributed by atoms with E-state index in [2.05, 4.69) is 9.71 Å². The van der Waals surface area contributed by atoms with Crippen molar-refractivity contribution in [3.8, 4) is 0 Å². The molecule has 0 atom stereocenters. The number of halogens is 1. The van der Waals surface area contributed by atoms with E-state index in [1.54, 1.807) is 31.3 Å². The molecule has 118 valence electrons. The van der Waals surface area contributed by atoms with E-state index in [-0.39, 0.29) is 11.4 Å². The van der Waals surface area contributed by atoms with Gasteiger partial charge >= 0.3 is 0 Å². The van der Waals surface area contributed by atoms with Gasteiger partial charge in [-0.05, 0) is 48.4 Å². The van der Waals surface area contributed by atoms with Crippen molar-refractivity contribution in [2.45, 2.75) is 18.4 Å². The fourth-order valence-corrected chi connectivity index (χ4v) is 3.45. The van der Waals surface area contributed by atoms with E-state index in [1.807, 2.05) is 25.1 Å². The molecule has 0 aliphatic rings. The number of pyridine rings is 1. The van der Waals surface area contributed by atoms with E-state index in [9.17, 15) is 8.42 Å². The van der Waals surface area contributed by atoms with Gasteiger partial charge in [0.05, 0.1) is 4.90 Å². The summed E-state index contributed by atoms with van der Waals surface area (Å²) in [5.74, 6) is 0.777. The lowest BCUT2D eigenvalue weighted by molar-refractivity contribution is 0.580. The number of benzene rings is 1. The van der Waals surface area contributed by atoms with Crippen molar-refractivity contribution < 1.29 is 8.42 Å². The van der Waals surface area contributed by atoms with Gasteiger partial charge in [-0.2, -0.15) is 0 Å². The Morgan fingerprint density at radius 2 is 1.95 bits per heavy atom. The predicted molar refractivity (Wildman–Crippen MR) is 88.8 cm³/mol. The van der Waals surface area contributed by atoms with Crippen LogP contribution in [0.25, 0.3) is 0 Å². The predicted octanol–water partition coefficient (Wildman–Crippen LogP) is 2.59. The Kier molecular flexibility index (Phi) is 5.05. The molecule has 0 unspecified atom stereocenters. The minimum Gasteiger partial charge on any atom is -0.363 e. The average molecular weight is 340 g/mol. The van der Waals surface area contributed by atoms with Crippen LogP contribution >= 0.6 is 11.6 Å². The van der Waals surface area contributed by atoms with Crippen LogP contribution in [-0.2, 0) is 16.6 Å². The minimum absolute atomic E-state index is 0.202. The lowest BCUT2D eigenvalue weighted by Crippen LogP contribution is -2.24. The van der Waals surface area contributed by atoms with Gasteiger partial charge in [-0.25, -0.2) is 18.1 Å². The summed E-state index contributed by atoms with van der Waals surface area (Å²) >= 11 is 5.86. The molecule has 0 aliphatic heterocycles.